The van der Waals surface area contributed by atoms with Crippen LogP contribution in [0.4, 0.5) is 11.4 Å². The third-order valence-corrected chi connectivity index (χ3v) is 10.7. The predicted octanol–water partition coefficient (Wildman–Crippen LogP) is 6.88. The number of anilines is 2. The van der Waals surface area contributed by atoms with Crippen LogP contribution in [-0.4, -0.2) is 59.8 Å². The van der Waals surface area contributed by atoms with Crippen molar-refractivity contribution in [3.63, 3.8) is 0 Å². The van der Waals surface area contributed by atoms with Crippen molar-refractivity contribution in [1.82, 2.24) is 0 Å². The second-order valence-electron chi connectivity index (χ2n) is 13.4. The van der Waals surface area contributed by atoms with Crippen molar-refractivity contribution in [2.75, 3.05) is 58.7 Å². The van der Waals surface area contributed by atoms with E-state index in [-0.39, 0.29) is 11.4 Å². The SMILES string of the molecule is COC1(c2ccc(OCCOCCOCCOC(=O)C34CC5CC(CC(C5)C3)C4)cc2)c2ccccc2N(C)c2ccccc21. The summed E-state index contributed by atoms with van der Waals surface area (Å²) in [5, 5.41) is 0. The minimum atomic E-state index is -0.728. The molecule has 0 amide bonds. The lowest BCUT2D eigenvalue weighted by atomic mass is 9.49. The number of rotatable bonds is 13. The zero-order chi connectivity index (χ0) is 30.9. The molecule has 4 fully saturated rings. The number of methoxy groups -OCH3 is 1. The van der Waals surface area contributed by atoms with Crippen molar-refractivity contribution in [1.29, 1.82) is 0 Å². The monoisotopic (exact) mass is 611 g/mol. The van der Waals surface area contributed by atoms with Gasteiger partial charge < -0.3 is 28.6 Å². The van der Waals surface area contributed by atoms with E-state index in [2.05, 4.69) is 72.6 Å². The topological polar surface area (TPSA) is 66.5 Å². The Morgan fingerprint density at radius 1 is 0.711 bits per heavy atom. The molecule has 4 aliphatic carbocycles. The van der Waals surface area contributed by atoms with Gasteiger partial charge in [0.15, 0.2) is 0 Å². The highest BCUT2D eigenvalue weighted by Gasteiger charge is 2.55. The minimum Gasteiger partial charge on any atom is -0.491 e. The molecule has 0 aromatic heterocycles. The molecule has 0 radical (unpaired) electrons. The van der Waals surface area contributed by atoms with Crippen molar-refractivity contribution < 1.29 is 28.5 Å². The maximum Gasteiger partial charge on any atom is 0.312 e. The number of fused-ring (bicyclic) bond motifs is 2. The molecule has 238 valence electrons. The van der Waals surface area contributed by atoms with E-state index < -0.39 is 5.60 Å². The summed E-state index contributed by atoms with van der Waals surface area (Å²) < 4.78 is 29.4. The number of carbonyl (C=O) groups is 1. The van der Waals surface area contributed by atoms with E-state index in [1.165, 1.54) is 19.3 Å². The van der Waals surface area contributed by atoms with Gasteiger partial charge in [0, 0.05) is 36.7 Å². The molecular formula is C38H45NO6. The Morgan fingerprint density at radius 3 is 1.78 bits per heavy atom. The summed E-state index contributed by atoms with van der Waals surface area (Å²) in [6.45, 7) is 2.54. The average molecular weight is 612 g/mol. The summed E-state index contributed by atoms with van der Waals surface area (Å²) in [5.41, 5.74) is 4.58. The van der Waals surface area contributed by atoms with Gasteiger partial charge in [-0.05, 0) is 86.1 Å². The van der Waals surface area contributed by atoms with Crippen LogP contribution in [-0.2, 0) is 29.3 Å². The van der Waals surface area contributed by atoms with Gasteiger partial charge in [-0.3, -0.25) is 4.79 Å². The summed E-state index contributed by atoms with van der Waals surface area (Å²) in [7, 11) is 3.88. The molecular weight excluding hydrogens is 566 g/mol. The van der Waals surface area contributed by atoms with Gasteiger partial charge in [-0.2, -0.15) is 0 Å². The minimum absolute atomic E-state index is 0.0185. The summed E-state index contributed by atoms with van der Waals surface area (Å²) in [6, 6.07) is 25.0. The first-order chi connectivity index (χ1) is 22.0. The molecule has 8 rings (SSSR count). The highest BCUT2D eigenvalue weighted by Crippen LogP contribution is 2.60. The normalized spacial score (nSPS) is 25.5. The molecule has 4 saturated carbocycles. The van der Waals surface area contributed by atoms with E-state index in [9.17, 15) is 4.79 Å². The lowest BCUT2D eigenvalue weighted by Gasteiger charge is -2.55. The van der Waals surface area contributed by atoms with Crippen LogP contribution in [0.2, 0.25) is 0 Å². The van der Waals surface area contributed by atoms with Crippen molar-refractivity contribution >= 4 is 17.3 Å². The number of esters is 1. The molecule has 45 heavy (non-hydrogen) atoms. The zero-order valence-corrected chi connectivity index (χ0v) is 26.5. The Hall–Kier alpha value is -3.39. The van der Waals surface area contributed by atoms with Crippen LogP contribution in [0.15, 0.2) is 72.8 Å². The third-order valence-electron chi connectivity index (χ3n) is 10.7. The first-order valence-corrected chi connectivity index (χ1v) is 16.6. The molecule has 7 heteroatoms. The van der Waals surface area contributed by atoms with E-state index in [1.807, 2.05) is 12.1 Å². The Morgan fingerprint density at radius 2 is 1.22 bits per heavy atom. The highest BCUT2D eigenvalue weighted by atomic mass is 16.6. The van der Waals surface area contributed by atoms with Gasteiger partial charge in [0.1, 0.15) is 24.6 Å². The van der Waals surface area contributed by atoms with Crippen LogP contribution in [0.5, 0.6) is 5.75 Å². The predicted molar refractivity (Wildman–Crippen MR) is 173 cm³/mol. The standard InChI is InChI=1S/C38H45NO6/c1-39-34-9-5-3-7-32(34)38(41-2,33-8-4-6-10-35(33)39)30-11-13-31(14-12-30)44-19-17-42-15-16-43-18-20-45-36(40)37-24-27-21-28(25-37)23-29(22-27)26-37/h3-14,27-29H,15-26H2,1-2H3. The molecule has 7 nitrogen and oxygen atoms in total. The number of benzene rings is 3. The highest BCUT2D eigenvalue weighted by molar-refractivity contribution is 5.79. The number of carbonyl (C=O) groups excluding carboxylic acids is 1. The van der Waals surface area contributed by atoms with E-state index in [0.29, 0.717) is 39.6 Å². The van der Waals surface area contributed by atoms with Gasteiger partial charge in [0.2, 0.25) is 0 Å². The number of hydrogen-bond acceptors (Lipinski definition) is 7. The molecule has 3 aromatic carbocycles. The quantitative estimate of drug-likeness (QED) is 0.154. The molecule has 0 atom stereocenters. The fraction of sp³-hybridized carbons (Fsp3) is 0.500. The number of ether oxygens (including phenoxy) is 5. The number of para-hydroxylation sites is 2. The van der Waals surface area contributed by atoms with Crippen LogP contribution in [0.1, 0.15) is 55.2 Å². The van der Waals surface area contributed by atoms with Gasteiger partial charge in [-0.1, -0.05) is 48.5 Å². The molecule has 0 spiro atoms. The van der Waals surface area contributed by atoms with Gasteiger partial charge in [0.25, 0.3) is 0 Å². The molecule has 0 unspecified atom stereocenters. The van der Waals surface area contributed by atoms with Gasteiger partial charge in [0.05, 0.1) is 31.8 Å². The molecule has 5 aliphatic rings. The lowest BCUT2D eigenvalue weighted by molar-refractivity contribution is -0.173. The maximum absolute atomic E-state index is 12.9. The zero-order valence-electron chi connectivity index (χ0n) is 26.5. The molecule has 4 bridgehead atoms. The lowest BCUT2D eigenvalue weighted by Crippen LogP contribution is -2.50. The number of nitrogens with zero attached hydrogens (tertiary/aromatic N) is 1. The smallest absolute Gasteiger partial charge is 0.312 e. The molecule has 1 heterocycles. The van der Waals surface area contributed by atoms with Crippen molar-refractivity contribution in [2.45, 2.75) is 44.1 Å². The Labute approximate surface area is 266 Å². The van der Waals surface area contributed by atoms with Crippen LogP contribution in [0.25, 0.3) is 0 Å². The van der Waals surface area contributed by atoms with E-state index >= 15 is 0 Å². The Bertz CT molecular complexity index is 1400. The molecule has 0 N–H and O–H groups in total. The third kappa shape index (κ3) is 5.64. The second-order valence-corrected chi connectivity index (χ2v) is 13.4. The van der Waals surface area contributed by atoms with Gasteiger partial charge >= 0.3 is 5.97 Å². The second kappa shape index (κ2) is 12.8. The van der Waals surface area contributed by atoms with Crippen molar-refractivity contribution in [3.05, 3.63) is 89.5 Å². The molecule has 1 aliphatic heterocycles. The average Bonchev–Trinajstić information content (AvgIpc) is 3.06. The summed E-state index contributed by atoms with van der Waals surface area (Å²) in [5.74, 6) is 3.02. The molecule has 0 saturated heterocycles. The van der Waals surface area contributed by atoms with E-state index in [0.717, 1.165) is 70.8 Å². The van der Waals surface area contributed by atoms with E-state index in [1.54, 1.807) is 7.11 Å². The van der Waals surface area contributed by atoms with Crippen LogP contribution in [0, 0.1) is 23.2 Å². The van der Waals surface area contributed by atoms with Crippen molar-refractivity contribution in [3.8, 4) is 5.75 Å². The Balaban J connectivity index is 0.842. The van der Waals surface area contributed by atoms with Gasteiger partial charge in [-0.15, -0.1) is 0 Å². The largest absolute Gasteiger partial charge is 0.491 e. The van der Waals surface area contributed by atoms with Crippen LogP contribution >= 0.6 is 0 Å². The van der Waals surface area contributed by atoms with Crippen LogP contribution < -0.4 is 9.64 Å². The fourth-order valence-electron chi connectivity index (χ4n) is 9.08. The Kier molecular flexibility index (Phi) is 8.60. The van der Waals surface area contributed by atoms with E-state index in [4.69, 9.17) is 23.7 Å². The summed E-state index contributed by atoms with van der Waals surface area (Å²) in [4.78, 5) is 15.2. The summed E-state index contributed by atoms with van der Waals surface area (Å²) in [6.07, 6.45) is 7.08. The first kappa shape index (κ1) is 30.3. The molecule has 3 aromatic rings. The first-order valence-electron chi connectivity index (χ1n) is 16.6. The van der Waals surface area contributed by atoms with Gasteiger partial charge in [-0.25, -0.2) is 0 Å². The number of hydrogen-bond donors (Lipinski definition) is 0. The fourth-order valence-corrected chi connectivity index (χ4v) is 9.08. The summed E-state index contributed by atoms with van der Waals surface area (Å²) >= 11 is 0. The van der Waals surface area contributed by atoms with Crippen molar-refractivity contribution in [2.24, 2.45) is 23.2 Å². The van der Waals surface area contributed by atoms with Crippen LogP contribution in [0.3, 0.4) is 0 Å². The maximum atomic E-state index is 12.9.